The average Bonchev–Trinajstić information content (AvgIpc) is 3.26. The van der Waals surface area contributed by atoms with Gasteiger partial charge < -0.3 is 18.9 Å². The summed E-state index contributed by atoms with van der Waals surface area (Å²) in [5, 5.41) is 13.9. The Hall–Kier alpha value is -3.66. The number of methoxy groups -OCH3 is 2. The standard InChI is InChI=1S/C21H20N2O7S/c1-4-29-19-10-16(23(25)26)15(9-18(19)28-3)21(24)30-11-13-12-31-20(22-13)14-7-5-6-8-17(14)27-2/h5-10,12H,4,11H2,1-3H3. The number of nitro groups is 1. The number of hydrogen-bond donors (Lipinski definition) is 0. The first-order valence-electron chi connectivity index (χ1n) is 9.22. The monoisotopic (exact) mass is 444 g/mol. The van der Waals surface area contributed by atoms with Crippen molar-refractivity contribution < 1.29 is 28.7 Å². The Kier molecular flexibility index (Phi) is 7.03. The first kappa shape index (κ1) is 22.0. The van der Waals surface area contributed by atoms with Crippen molar-refractivity contribution in [2.75, 3.05) is 20.8 Å². The predicted octanol–water partition coefficient (Wildman–Crippen LogP) is 4.49. The number of benzene rings is 2. The molecule has 0 unspecified atom stereocenters. The molecule has 0 amide bonds. The minimum absolute atomic E-state index is 0.142. The molecule has 0 aliphatic carbocycles. The Morgan fingerprint density at radius 3 is 2.55 bits per heavy atom. The van der Waals surface area contributed by atoms with Crippen LogP contribution in [0.4, 0.5) is 5.69 Å². The predicted molar refractivity (Wildman–Crippen MR) is 114 cm³/mol. The number of nitro benzene ring substituents is 1. The van der Waals surface area contributed by atoms with Crippen LogP contribution in [0.5, 0.6) is 17.2 Å². The van der Waals surface area contributed by atoms with Gasteiger partial charge in [-0.1, -0.05) is 12.1 Å². The summed E-state index contributed by atoms with van der Waals surface area (Å²) in [6.45, 7) is 1.88. The van der Waals surface area contributed by atoms with Gasteiger partial charge in [0.1, 0.15) is 22.9 Å². The lowest BCUT2D eigenvalue weighted by Crippen LogP contribution is -2.10. The molecule has 0 fully saturated rings. The number of carbonyl (C=O) groups excluding carboxylic acids is 1. The molecule has 2 aromatic carbocycles. The van der Waals surface area contributed by atoms with E-state index in [4.69, 9.17) is 18.9 Å². The van der Waals surface area contributed by atoms with Crippen LogP contribution in [0.25, 0.3) is 10.6 Å². The van der Waals surface area contributed by atoms with Crippen LogP contribution < -0.4 is 14.2 Å². The van der Waals surface area contributed by atoms with E-state index < -0.39 is 16.6 Å². The van der Waals surface area contributed by atoms with Crippen LogP contribution in [0.1, 0.15) is 23.0 Å². The smallest absolute Gasteiger partial charge is 0.345 e. The van der Waals surface area contributed by atoms with Crippen LogP contribution >= 0.6 is 11.3 Å². The van der Waals surface area contributed by atoms with Crippen molar-refractivity contribution in [2.45, 2.75) is 13.5 Å². The molecule has 0 saturated carbocycles. The molecule has 0 spiro atoms. The van der Waals surface area contributed by atoms with Gasteiger partial charge in [0, 0.05) is 11.4 Å². The number of carbonyl (C=O) groups is 1. The first-order valence-corrected chi connectivity index (χ1v) is 10.1. The van der Waals surface area contributed by atoms with E-state index in [1.54, 1.807) is 19.4 Å². The molecule has 0 N–H and O–H groups in total. The highest BCUT2D eigenvalue weighted by Crippen LogP contribution is 2.35. The van der Waals surface area contributed by atoms with Crippen molar-refractivity contribution in [3.8, 4) is 27.8 Å². The van der Waals surface area contributed by atoms with Gasteiger partial charge in [-0.25, -0.2) is 9.78 Å². The molecule has 31 heavy (non-hydrogen) atoms. The number of hydrogen-bond acceptors (Lipinski definition) is 9. The number of nitrogens with zero attached hydrogens (tertiary/aromatic N) is 2. The Morgan fingerprint density at radius 1 is 1.13 bits per heavy atom. The van der Waals surface area contributed by atoms with E-state index in [2.05, 4.69) is 4.98 Å². The van der Waals surface area contributed by atoms with Crippen LogP contribution in [0, 0.1) is 10.1 Å². The molecule has 0 aliphatic rings. The van der Waals surface area contributed by atoms with Crippen LogP contribution in [0.3, 0.4) is 0 Å². The van der Waals surface area contributed by atoms with E-state index >= 15 is 0 Å². The van der Waals surface area contributed by atoms with Crippen molar-refractivity contribution in [1.29, 1.82) is 0 Å². The number of para-hydroxylation sites is 1. The molecule has 0 atom stereocenters. The summed E-state index contributed by atoms with van der Waals surface area (Å²) in [6.07, 6.45) is 0. The Morgan fingerprint density at radius 2 is 1.87 bits per heavy atom. The van der Waals surface area contributed by atoms with E-state index in [9.17, 15) is 14.9 Å². The summed E-state index contributed by atoms with van der Waals surface area (Å²) in [6, 6.07) is 9.83. The fourth-order valence-corrected chi connectivity index (χ4v) is 3.66. The number of ether oxygens (including phenoxy) is 4. The zero-order chi connectivity index (χ0) is 22.4. The van der Waals surface area contributed by atoms with Gasteiger partial charge in [0.05, 0.1) is 43.1 Å². The molecule has 162 valence electrons. The van der Waals surface area contributed by atoms with Gasteiger partial charge in [-0.15, -0.1) is 11.3 Å². The van der Waals surface area contributed by atoms with Crippen molar-refractivity contribution in [2.24, 2.45) is 0 Å². The highest BCUT2D eigenvalue weighted by molar-refractivity contribution is 7.13. The SMILES string of the molecule is CCOc1cc([N+](=O)[O-])c(C(=O)OCc2csc(-c3ccccc3OC)n2)cc1OC. The van der Waals surface area contributed by atoms with Gasteiger partial charge in [-0.2, -0.15) is 0 Å². The fraction of sp³-hybridized carbons (Fsp3) is 0.238. The quantitative estimate of drug-likeness (QED) is 0.270. The van der Waals surface area contributed by atoms with Gasteiger partial charge in [-0.3, -0.25) is 10.1 Å². The molecule has 10 heteroatoms. The maximum atomic E-state index is 12.6. The maximum Gasteiger partial charge on any atom is 0.345 e. The minimum Gasteiger partial charge on any atom is -0.496 e. The van der Waals surface area contributed by atoms with Crippen LogP contribution in [-0.2, 0) is 11.3 Å². The molecule has 0 saturated heterocycles. The van der Waals surface area contributed by atoms with Gasteiger partial charge in [-0.05, 0) is 19.1 Å². The average molecular weight is 444 g/mol. The van der Waals surface area contributed by atoms with Gasteiger partial charge in [0.2, 0.25) is 0 Å². The topological polar surface area (TPSA) is 110 Å². The lowest BCUT2D eigenvalue weighted by atomic mass is 10.1. The normalized spacial score (nSPS) is 10.4. The molecule has 3 aromatic rings. The van der Waals surface area contributed by atoms with Crippen molar-refractivity contribution in [3.05, 3.63) is 63.1 Å². The second kappa shape index (κ2) is 9.90. The zero-order valence-electron chi connectivity index (χ0n) is 17.1. The molecule has 0 aliphatic heterocycles. The summed E-state index contributed by atoms with van der Waals surface area (Å²) in [5.74, 6) is 0.193. The van der Waals surface area contributed by atoms with E-state index in [1.807, 2.05) is 24.3 Å². The number of rotatable bonds is 9. The summed E-state index contributed by atoms with van der Waals surface area (Å²) in [7, 11) is 2.96. The lowest BCUT2D eigenvalue weighted by molar-refractivity contribution is -0.385. The summed E-state index contributed by atoms with van der Waals surface area (Å²) < 4.78 is 21.2. The maximum absolute atomic E-state index is 12.6. The third-order valence-electron chi connectivity index (χ3n) is 4.24. The number of esters is 1. The van der Waals surface area contributed by atoms with E-state index in [0.29, 0.717) is 16.5 Å². The Labute approximate surface area is 182 Å². The summed E-state index contributed by atoms with van der Waals surface area (Å²) in [4.78, 5) is 27.8. The Bertz CT molecular complexity index is 1100. The molecule has 1 heterocycles. The summed E-state index contributed by atoms with van der Waals surface area (Å²) >= 11 is 1.37. The number of aromatic nitrogens is 1. The second-order valence-electron chi connectivity index (χ2n) is 6.13. The van der Waals surface area contributed by atoms with E-state index in [-0.39, 0.29) is 30.3 Å². The fourth-order valence-electron chi connectivity index (χ4n) is 2.83. The third kappa shape index (κ3) is 4.92. The van der Waals surface area contributed by atoms with Gasteiger partial charge >= 0.3 is 5.97 Å². The second-order valence-corrected chi connectivity index (χ2v) is 6.99. The van der Waals surface area contributed by atoms with Gasteiger partial charge in [0.25, 0.3) is 5.69 Å². The zero-order valence-corrected chi connectivity index (χ0v) is 17.9. The molecule has 1 aromatic heterocycles. The minimum atomic E-state index is -0.861. The molecule has 0 radical (unpaired) electrons. The Balaban J connectivity index is 1.80. The molecule has 9 nitrogen and oxygen atoms in total. The lowest BCUT2D eigenvalue weighted by Gasteiger charge is -2.11. The first-order chi connectivity index (χ1) is 15.0. The molecule has 0 bridgehead atoms. The van der Waals surface area contributed by atoms with Crippen molar-refractivity contribution in [1.82, 2.24) is 4.98 Å². The largest absolute Gasteiger partial charge is 0.496 e. The van der Waals surface area contributed by atoms with Crippen LogP contribution in [0.2, 0.25) is 0 Å². The van der Waals surface area contributed by atoms with Crippen molar-refractivity contribution >= 4 is 23.0 Å². The van der Waals surface area contributed by atoms with E-state index in [0.717, 1.165) is 11.6 Å². The van der Waals surface area contributed by atoms with Gasteiger partial charge in [0.15, 0.2) is 11.5 Å². The summed E-state index contributed by atoms with van der Waals surface area (Å²) in [5.41, 5.74) is 0.673. The molecule has 3 rings (SSSR count). The third-order valence-corrected chi connectivity index (χ3v) is 5.16. The van der Waals surface area contributed by atoms with Crippen LogP contribution in [-0.4, -0.2) is 36.7 Å². The van der Waals surface area contributed by atoms with E-state index in [1.165, 1.54) is 24.5 Å². The highest BCUT2D eigenvalue weighted by atomic mass is 32.1. The highest BCUT2D eigenvalue weighted by Gasteiger charge is 2.26. The molecular formula is C21H20N2O7S. The van der Waals surface area contributed by atoms with Crippen LogP contribution in [0.15, 0.2) is 41.8 Å². The van der Waals surface area contributed by atoms with Crippen molar-refractivity contribution in [3.63, 3.8) is 0 Å². The number of thiazole rings is 1. The molecular weight excluding hydrogens is 424 g/mol.